The lowest BCUT2D eigenvalue weighted by Gasteiger charge is -2.23. The van der Waals surface area contributed by atoms with Crippen LogP contribution in [-0.2, 0) is 11.3 Å². The maximum absolute atomic E-state index is 12.5. The number of carbonyl (C=O) groups excluding carboxylic acids is 2. The smallest absolute Gasteiger partial charge is 0.323 e. The Bertz CT molecular complexity index is 618. The molecule has 1 aliphatic heterocycles. The summed E-state index contributed by atoms with van der Waals surface area (Å²) in [6.07, 6.45) is 0.603. The molecular formula is C16H19N3O2. The van der Waals surface area contributed by atoms with Crippen LogP contribution in [0.4, 0.5) is 4.79 Å². The van der Waals surface area contributed by atoms with Gasteiger partial charge in [-0.1, -0.05) is 26.0 Å². The Hall–Kier alpha value is -2.35. The molecule has 1 N–H and O–H groups in total. The second kappa shape index (κ2) is 5.57. The average Bonchev–Trinajstić information content (AvgIpc) is 2.61. The quantitative estimate of drug-likeness (QED) is 0.863. The lowest BCUT2D eigenvalue weighted by Crippen LogP contribution is -2.44. The Labute approximate surface area is 124 Å². The maximum atomic E-state index is 12.5. The summed E-state index contributed by atoms with van der Waals surface area (Å²) >= 11 is 0. The second-order valence-electron chi connectivity index (χ2n) is 6.06. The average molecular weight is 285 g/mol. The van der Waals surface area contributed by atoms with Crippen molar-refractivity contribution in [2.45, 2.75) is 39.3 Å². The number of hydrogen-bond acceptors (Lipinski definition) is 3. The van der Waals surface area contributed by atoms with Gasteiger partial charge < -0.3 is 5.32 Å². The van der Waals surface area contributed by atoms with Crippen LogP contribution in [0.5, 0.6) is 0 Å². The summed E-state index contributed by atoms with van der Waals surface area (Å²) < 4.78 is 0. The molecule has 0 radical (unpaired) electrons. The van der Waals surface area contributed by atoms with Gasteiger partial charge in [-0.15, -0.1) is 0 Å². The molecular weight excluding hydrogens is 266 g/mol. The van der Waals surface area contributed by atoms with E-state index >= 15 is 0 Å². The van der Waals surface area contributed by atoms with E-state index in [1.807, 2.05) is 13.8 Å². The van der Waals surface area contributed by atoms with Gasteiger partial charge in [0, 0.05) is 0 Å². The number of urea groups is 1. The third-order valence-electron chi connectivity index (χ3n) is 3.56. The van der Waals surface area contributed by atoms with Crippen LogP contribution in [0.25, 0.3) is 0 Å². The molecule has 0 aromatic heterocycles. The highest BCUT2D eigenvalue weighted by molar-refractivity contribution is 6.06. The van der Waals surface area contributed by atoms with Crippen molar-refractivity contribution in [2.24, 2.45) is 5.92 Å². The molecule has 3 amide bonds. The van der Waals surface area contributed by atoms with Gasteiger partial charge in [-0.25, -0.2) is 4.79 Å². The Morgan fingerprint density at radius 1 is 1.38 bits per heavy atom. The summed E-state index contributed by atoms with van der Waals surface area (Å²) in [6.45, 7) is 5.99. The highest BCUT2D eigenvalue weighted by Gasteiger charge is 2.47. The van der Waals surface area contributed by atoms with Crippen molar-refractivity contribution < 1.29 is 9.59 Å². The summed E-state index contributed by atoms with van der Waals surface area (Å²) in [6, 6.07) is 8.62. The van der Waals surface area contributed by atoms with Crippen molar-refractivity contribution in [2.75, 3.05) is 0 Å². The zero-order chi connectivity index (χ0) is 15.6. The number of nitrogens with zero attached hydrogens (tertiary/aromatic N) is 2. The Kier molecular flexibility index (Phi) is 3.99. The lowest BCUT2D eigenvalue weighted by molar-refractivity contribution is -0.131. The summed E-state index contributed by atoms with van der Waals surface area (Å²) in [5, 5.41) is 11.7. The fourth-order valence-corrected chi connectivity index (χ4v) is 2.77. The Morgan fingerprint density at radius 2 is 2.10 bits per heavy atom. The van der Waals surface area contributed by atoms with E-state index in [0.29, 0.717) is 17.9 Å². The van der Waals surface area contributed by atoms with Crippen LogP contribution in [0.15, 0.2) is 24.3 Å². The summed E-state index contributed by atoms with van der Waals surface area (Å²) in [7, 11) is 0. The monoisotopic (exact) mass is 285 g/mol. The molecule has 5 nitrogen and oxygen atoms in total. The van der Waals surface area contributed by atoms with Crippen molar-refractivity contribution in [3.05, 3.63) is 35.4 Å². The van der Waals surface area contributed by atoms with Crippen molar-refractivity contribution in [3.63, 3.8) is 0 Å². The third kappa shape index (κ3) is 3.05. The van der Waals surface area contributed by atoms with Gasteiger partial charge in [-0.05, 0) is 37.0 Å². The van der Waals surface area contributed by atoms with E-state index in [-0.39, 0.29) is 18.5 Å². The SMILES string of the molecule is CC(C)CC1(C)NC(=O)N(Cc2cccc(C#N)c2)C1=O. The predicted molar refractivity (Wildman–Crippen MR) is 78.1 cm³/mol. The summed E-state index contributed by atoms with van der Waals surface area (Å²) in [5.74, 6) is 0.102. The van der Waals surface area contributed by atoms with Crippen LogP contribution in [0.2, 0.25) is 0 Å². The molecule has 0 saturated carbocycles. The van der Waals surface area contributed by atoms with Gasteiger partial charge in [0.05, 0.1) is 18.2 Å². The minimum atomic E-state index is -0.835. The van der Waals surface area contributed by atoms with Crippen molar-refractivity contribution in [3.8, 4) is 6.07 Å². The molecule has 2 rings (SSSR count). The molecule has 21 heavy (non-hydrogen) atoms. The van der Waals surface area contributed by atoms with Gasteiger partial charge in [0.25, 0.3) is 5.91 Å². The van der Waals surface area contributed by atoms with E-state index in [1.54, 1.807) is 31.2 Å². The van der Waals surface area contributed by atoms with Gasteiger partial charge in [-0.2, -0.15) is 5.26 Å². The molecule has 0 bridgehead atoms. The fourth-order valence-electron chi connectivity index (χ4n) is 2.77. The molecule has 5 heteroatoms. The van der Waals surface area contributed by atoms with Gasteiger partial charge in [0.15, 0.2) is 0 Å². The minimum Gasteiger partial charge on any atom is -0.323 e. The van der Waals surface area contributed by atoms with Crippen LogP contribution < -0.4 is 5.32 Å². The van der Waals surface area contributed by atoms with Crippen molar-refractivity contribution >= 4 is 11.9 Å². The molecule has 1 aromatic rings. The number of hydrogen-bond donors (Lipinski definition) is 1. The van der Waals surface area contributed by atoms with Crippen LogP contribution in [0, 0.1) is 17.2 Å². The molecule has 1 unspecified atom stereocenters. The second-order valence-corrected chi connectivity index (χ2v) is 6.06. The standard InChI is InChI=1S/C16H19N3O2/c1-11(2)8-16(3)14(20)19(15(21)18-16)10-13-6-4-5-12(7-13)9-17/h4-7,11H,8,10H2,1-3H3,(H,18,21). The van der Waals surface area contributed by atoms with Crippen molar-refractivity contribution in [1.82, 2.24) is 10.2 Å². The molecule has 1 heterocycles. The number of nitriles is 1. The van der Waals surface area contributed by atoms with E-state index in [4.69, 9.17) is 5.26 Å². The minimum absolute atomic E-state index is 0.188. The maximum Gasteiger partial charge on any atom is 0.325 e. The first-order valence-electron chi connectivity index (χ1n) is 6.99. The highest BCUT2D eigenvalue weighted by atomic mass is 16.2. The first-order chi connectivity index (χ1) is 9.85. The summed E-state index contributed by atoms with van der Waals surface area (Å²) in [5.41, 5.74) is 0.453. The number of nitrogens with one attached hydrogen (secondary N) is 1. The number of amides is 3. The Balaban J connectivity index is 2.19. The predicted octanol–water partition coefficient (Wildman–Crippen LogP) is 2.41. The van der Waals surface area contributed by atoms with Crippen LogP contribution in [0.1, 0.15) is 38.3 Å². The molecule has 110 valence electrons. The molecule has 0 aliphatic carbocycles. The lowest BCUT2D eigenvalue weighted by atomic mass is 9.91. The van der Waals surface area contributed by atoms with E-state index < -0.39 is 5.54 Å². The number of carbonyl (C=O) groups is 2. The number of rotatable bonds is 4. The number of imide groups is 1. The van der Waals surface area contributed by atoms with Crippen LogP contribution >= 0.6 is 0 Å². The first-order valence-corrected chi connectivity index (χ1v) is 6.99. The van der Waals surface area contributed by atoms with Crippen LogP contribution in [-0.4, -0.2) is 22.4 Å². The molecule has 1 saturated heterocycles. The topological polar surface area (TPSA) is 73.2 Å². The van der Waals surface area contributed by atoms with Gasteiger partial charge in [0.2, 0.25) is 0 Å². The third-order valence-corrected chi connectivity index (χ3v) is 3.56. The van der Waals surface area contributed by atoms with E-state index in [2.05, 4.69) is 11.4 Å². The first kappa shape index (κ1) is 15.0. The zero-order valence-electron chi connectivity index (χ0n) is 12.5. The largest absolute Gasteiger partial charge is 0.325 e. The molecule has 1 aromatic carbocycles. The fraction of sp³-hybridized carbons (Fsp3) is 0.438. The van der Waals surface area contributed by atoms with Gasteiger partial charge in [0.1, 0.15) is 5.54 Å². The van der Waals surface area contributed by atoms with Gasteiger partial charge >= 0.3 is 6.03 Å². The Morgan fingerprint density at radius 3 is 2.71 bits per heavy atom. The normalized spacial score (nSPS) is 21.6. The summed E-state index contributed by atoms with van der Waals surface area (Å²) in [4.78, 5) is 25.8. The van der Waals surface area contributed by atoms with E-state index in [0.717, 1.165) is 5.56 Å². The van der Waals surface area contributed by atoms with Gasteiger partial charge in [-0.3, -0.25) is 9.69 Å². The molecule has 0 spiro atoms. The molecule has 1 atom stereocenters. The van der Waals surface area contributed by atoms with Crippen LogP contribution in [0.3, 0.4) is 0 Å². The zero-order valence-corrected chi connectivity index (χ0v) is 12.5. The molecule has 1 fully saturated rings. The number of benzene rings is 1. The van der Waals surface area contributed by atoms with E-state index in [9.17, 15) is 9.59 Å². The van der Waals surface area contributed by atoms with E-state index in [1.165, 1.54) is 4.90 Å². The van der Waals surface area contributed by atoms with Crippen molar-refractivity contribution in [1.29, 1.82) is 5.26 Å². The highest BCUT2D eigenvalue weighted by Crippen LogP contribution is 2.26. The molecule has 1 aliphatic rings.